The Balaban J connectivity index is 1.77. The van der Waals surface area contributed by atoms with Gasteiger partial charge in [-0.2, -0.15) is 0 Å². The van der Waals surface area contributed by atoms with Crippen molar-refractivity contribution in [1.29, 1.82) is 0 Å². The van der Waals surface area contributed by atoms with Crippen LogP contribution in [0.2, 0.25) is 0 Å². The first-order valence-corrected chi connectivity index (χ1v) is 13.3. The maximum atomic E-state index is 6.47. The van der Waals surface area contributed by atoms with Crippen molar-refractivity contribution in [3.8, 4) is 0 Å². The number of rotatable bonds is 5. The summed E-state index contributed by atoms with van der Waals surface area (Å²) in [6, 6.07) is 8.55. The van der Waals surface area contributed by atoms with Gasteiger partial charge in [0.05, 0.1) is 33.4 Å². The highest BCUT2D eigenvalue weighted by atomic mass is 16.7. The van der Waals surface area contributed by atoms with Gasteiger partial charge in [0.15, 0.2) is 0 Å². The maximum absolute atomic E-state index is 6.47. The first kappa shape index (κ1) is 27.0. The number of benzene rings is 2. The van der Waals surface area contributed by atoms with Crippen molar-refractivity contribution in [2.24, 2.45) is 0 Å². The van der Waals surface area contributed by atoms with Crippen molar-refractivity contribution in [3.05, 3.63) is 55.1 Å². The first-order valence-electron chi connectivity index (χ1n) is 13.3. The van der Waals surface area contributed by atoms with Gasteiger partial charge in [0.1, 0.15) is 0 Å². The molecule has 0 aliphatic carbocycles. The minimum Gasteiger partial charge on any atom is -0.399 e. The van der Waals surface area contributed by atoms with Gasteiger partial charge in [-0.25, -0.2) is 0 Å². The molecule has 2 aliphatic rings. The van der Waals surface area contributed by atoms with Gasteiger partial charge in [0.2, 0.25) is 0 Å². The number of nitrogens with zero attached hydrogens (tertiary/aromatic N) is 1. The quantitative estimate of drug-likeness (QED) is 0.385. The van der Waals surface area contributed by atoms with E-state index in [0.29, 0.717) is 0 Å². The molecule has 2 saturated heterocycles. The lowest BCUT2D eigenvalue weighted by molar-refractivity contribution is 0.00578. The minimum absolute atomic E-state index is 0.416. The molecule has 0 spiro atoms. The largest absolute Gasteiger partial charge is 0.495 e. The van der Waals surface area contributed by atoms with E-state index in [4.69, 9.17) is 18.6 Å². The van der Waals surface area contributed by atoms with Crippen LogP contribution in [-0.2, 0) is 18.6 Å². The maximum Gasteiger partial charge on any atom is 0.495 e. The minimum atomic E-state index is -0.534. The predicted octanol–water partition coefficient (Wildman–Crippen LogP) is 6.17. The molecule has 0 radical (unpaired) electrons. The van der Waals surface area contributed by atoms with E-state index in [1.165, 1.54) is 0 Å². The number of aromatic nitrogens is 1. The molecule has 7 heteroatoms. The summed E-state index contributed by atoms with van der Waals surface area (Å²) in [5, 5.41) is 2.19. The molecule has 0 saturated carbocycles. The summed E-state index contributed by atoms with van der Waals surface area (Å²) in [6.07, 6.45) is 3.78. The van der Waals surface area contributed by atoms with Gasteiger partial charge in [0, 0.05) is 16.5 Å². The predicted molar refractivity (Wildman–Crippen MR) is 162 cm³/mol. The molecule has 0 atom stereocenters. The Morgan fingerprint density at radius 1 is 0.737 bits per heavy atom. The average molecular weight is 511 g/mol. The fourth-order valence-electron chi connectivity index (χ4n) is 5.40. The van der Waals surface area contributed by atoms with E-state index < -0.39 is 36.6 Å². The normalized spacial score (nSPS) is 21.4. The molecule has 0 bridgehead atoms. The first-order chi connectivity index (χ1) is 17.5. The second-order valence-electron chi connectivity index (χ2n) is 12.6. The Bertz CT molecular complexity index is 1480. The van der Waals surface area contributed by atoms with Crippen LogP contribution in [-0.4, -0.2) is 41.2 Å². The second kappa shape index (κ2) is 8.46. The highest BCUT2D eigenvalue weighted by Gasteiger charge is 2.53. The molecule has 2 aliphatic heterocycles. The monoisotopic (exact) mass is 511 g/mol. The van der Waals surface area contributed by atoms with Gasteiger partial charge < -0.3 is 23.2 Å². The van der Waals surface area contributed by atoms with Crippen molar-refractivity contribution < 1.29 is 18.6 Å². The average Bonchev–Trinajstić information content (AvgIpc) is 3.34. The van der Waals surface area contributed by atoms with Gasteiger partial charge in [-0.3, -0.25) is 0 Å². The zero-order valence-electron chi connectivity index (χ0n) is 24.3. The van der Waals surface area contributed by atoms with Crippen molar-refractivity contribution in [2.75, 3.05) is 0 Å². The summed E-state index contributed by atoms with van der Waals surface area (Å²) in [7, 11) is -0.989. The van der Waals surface area contributed by atoms with Gasteiger partial charge in [-0.15, -0.1) is 0 Å². The Morgan fingerprint density at radius 2 is 1.24 bits per heavy atom. The Kier molecular flexibility index (Phi) is 6.02. The van der Waals surface area contributed by atoms with E-state index in [1.54, 1.807) is 0 Å². The number of hydrogen-bond acceptors (Lipinski definition) is 4. The van der Waals surface area contributed by atoms with Crippen LogP contribution in [0.5, 0.6) is 0 Å². The smallest absolute Gasteiger partial charge is 0.399 e. The van der Waals surface area contributed by atoms with Crippen LogP contribution in [0.15, 0.2) is 44.0 Å². The topological polar surface area (TPSA) is 41.9 Å². The van der Waals surface area contributed by atoms with Crippen LogP contribution in [0.4, 0.5) is 0 Å². The second-order valence-corrected chi connectivity index (χ2v) is 12.6. The van der Waals surface area contributed by atoms with Crippen LogP contribution in [0.25, 0.3) is 39.7 Å². The van der Waals surface area contributed by atoms with Crippen molar-refractivity contribution in [1.82, 2.24) is 4.57 Å². The third-order valence-corrected chi connectivity index (χ3v) is 9.01. The van der Waals surface area contributed by atoms with Gasteiger partial charge in [-0.05, 0) is 96.5 Å². The highest BCUT2D eigenvalue weighted by Crippen LogP contribution is 2.40. The fraction of sp³-hybridized carbons (Fsp3) is 0.419. The van der Waals surface area contributed by atoms with Crippen LogP contribution in [0.3, 0.4) is 0 Å². The SMILES string of the molecule is C=Cc1c(B2OC(C)(C)C(C)(C)O2)cc2c(c1C=C)c1ccc(B3OC(C)(C)C(C)(C)O3)cc1n2C(=C)C. The summed E-state index contributed by atoms with van der Waals surface area (Å²) in [5.74, 6) is 0. The summed E-state index contributed by atoms with van der Waals surface area (Å²) in [5.41, 5.74) is 5.05. The lowest BCUT2D eigenvalue weighted by atomic mass is 9.73. The number of hydrogen-bond donors (Lipinski definition) is 0. The third-order valence-electron chi connectivity index (χ3n) is 9.01. The lowest BCUT2D eigenvalue weighted by Crippen LogP contribution is -2.41. The molecule has 5 rings (SSSR count). The van der Waals surface area contributed by atoms with E-state index in [1.807, 2.05) is 19.1 Å². The molecular weight excluding hydrogens is 472 g/mol. The Morgan fingerprint density at radius 3 is 1.71 bits per heavy atom. The fourth-order valence-corrected chi connectivity index (χ4v) is 5.40. The molecular formula is C31H39B2NO4. The summed E-state index contributed by atoms with van der Waals surface area (Å²) >= 11 is 0. The zero-order chi connectivity index (χ0) is 28.0. The van der Waals surface area contributed by atoms with Gasteiger partial charge >= 0.3 is 14.2 Å². The van der Waals surface area contributed by atoms with E-state index in [0.717, 1.165) is 49.6 Å². The van der Waals surface area contributed by atoms with Crippen LogP contribution in [0.1, 0.15) is 73.4 Å². The Labute approximate surface area is 227 Å². The molecule has 1 aromatic heterocycles. The summed E-state index contributed by atoms with van der Waals surface area (Å²) in [6.45, 7) is 31.2. The van der Waals surface area contributed by atoms with Crippen molar-refractivity contribution in [2.45, 2.75) is 84.7 Å². The van der Waals surface area contributed by atoms with Gasteiger partial charge in [-0.1, -0.05) is 44.0 Å². The molecule has 0 unspecified atom stereocenters. The lowest BCUT2D eigenvalue weighted by Gasteiger charge is -2.32. The van der Waals surface area contributed by atoms with E-state index in [-0.39, 0.29) is 0 Å². The third kappa shape index (κ3) is 3.78. The van der Waals surface area contributed by atoms with E-state index >= 15 is 0 Å². The van der Waals surface area contributed by atoms with Crippen molar-refractivity contribution in [3.63, 3.8) is 0 Å². The molecule has 2 fully saturated rings. The molecule has 5 nitrogen and oxygen atoms in total. The van der Waals surface area contributed by atoms with E-state index in [2.05, 4.69) is 104 Å². The molecule has 198 valence electrons. The molecule has 0 amide bonds. The number of fused-ring (bicyclic) bond motifs is 3. The van der Waals surface area contributed by atoms with Crippen molar-refractivity contribution >= 4 is 64.8 Å². The van der Waals surface area contributed by atoms with Gasteiger partial charge in [0.25, 0.3) is 0 Å². The van der Waals surface area contributed by atoms with Crippen LogP contribution in [0, 0.1) is 0 Å². The number of allylic oxidation sites excluding steroid dienone is 1. The van der Waals surface area contributed by atoms with Crippen LogP contribution < -0.4 is 10.9 Å². The standard InChI is InChI=1S/C31H39B2NO4/c1-13-21-22(14-2)27-23-16-15-20(32-35-28(5,6)29(7,8)36-32)17-25(23)34(19(3)4)26(27)18-24(21)33-37-30(9,10)31(11,12)38-33/h13-18H,1-3H2,4-12H3. The summed E-state index contributed by atoms with van der Waals surface area (Å²) < 4.78 is 27.9. The van der Waals surface area contributed by atoms with Crippen LogP contribution >= 0.6 is 0 Å². The highest BCUT2D eigenvalue weighted by molar-refractivity contribution is 6.64. The molecule has 38 heavy (non-hydrogen) atoms. The summed E-state index contributed by atoms with van der Waals surface area (Å²) in [4.78, 5) is 0. The van der Waals surface area contributed by atoms with E-state index in [9.17, 15) is 0 Å². The molecule has 3 aromatic rings. The Hall–Kier alpha value is -2.57. The zero-order valence-corrected chi connectivity index (χ0v) is 24.3. The molecule has 0 N–H and O–H groups in total. The molecule has 3 heterocycles. The molecule has 2 aromatic carbocycles.